The average molecular weight is 291 g/mol. The van der Waals surface area contributed by atoms with Crippen molar-refractivity contribution >= 4 is 29.1 Å². The van der Waals surface area contributed by atoms with Crippen LogP contribution in [-0.2, 0) is 4.74 Å². The van der Waals surface area contributed by atoms with Crippen LogP contribution in [0.3, 0.4) is 0 Å². The SMILES string of the molecule is CCOC(=O)c1ccc(Nc2cc(Cl)ccc2C)nc1. The quantitative estimate of drug-likeness (QED) is 0.866. The van der Waals surface area contributed by atoms with Gasteiger partial charge in [0.2, 0.25) is 0 Å². The number of pyridine rings is 1. The summed E-state index contributed by atoms with van der Waals surface area (Å²) in [6.45, 7) is 4.09. The smallest absolute Gasteiger partial charge is 0.339 e. The van der Waals surface area contributed by atoms with Gasteiger partial charge in [-0.3, -0.25) is 0 Å². The predicted octanol–water partition coefficient (Wildman–Crippen LogP) is 3.96. The summed E-state index contributed by atoms with van der Waals surface area (Å²) in [6, 6.07) is 8.99. The maximum Gasteiger partial charge on any atom is 0.339 e. The van der Waals surface area contributed by atoms with Gasteiger partial charge in [0.05, 0.1) is 12.2 Å². The fourth-order valence-electron chi connectivity index (χ4n) is 1.67. The molecule has 1 aromatic carbocycles. The summed E-state index contributed by atoms with van der Waals surface area (Å²) in [4.78, 5) is 15.7. The third kappa shape index (κ3) is 3.48. The van der Waals surface area contributed by atoms with Crippen molar-refractivity contribution in [3.8, 4) is 0 Å². The molecule has 1 aromatic heterocycles. The number of anilines is 2. The Balaban J connectivity index is 2.14. The number of rotatable bonds is 4. The zero-order chi connectivity index (χ0) is 14.5. The van der Waals surface area contributed by atoms with Crippen LogP contribution < -0.4 is 5.32 Å². The fourth-order valence-corrected chi connectivity index (χ4v) is 1.84. The molecular weight excluding hydrogens is 276 g/mol. The molecule has 0 unspecified atom stereocenters. The van der Waals surface area contributed by atoms with E-state index < -0.39 is 0 Å². The number of esters is 1. The molecule has 0 spiro atoms. The number of hydrogen-bond acceptors (Lipinski definition) is 4. The second-order valence-corrected chi connectivity index (χ2v) is 4.67. The summed E-state index contributed by atoms with van der Waals surface area (Å²) in [5.41, 5.74) is 2.37. The van der Waals surface area contributed by atoms with Gasteiger partial charge in [0, 0.05) is 16.9 Å². The monoisotopic (exact) mass is 290 g/mol. The molecule has 0 amide bonds. The maximum absolute atomic E-state index is 11.5. The Hall–Kier alpha value is -2.07. The second kappa shape index (κ2) is 6.39. The molecule has 0 aliphatic carbocycles. The van der Waals surface area contributed by atoms with Gasteiger partial charge >= 0.3 is 5.97 Å². The van der Waals surface area contributed by atoms with E-state index in [4.69, 9.17) is 16.3 Å². The third-order valence-electron chi connectivity index (χ3n) is 2.74. The van der Waals surface area contributed by atoms with Crippen molar-refractivity contribution in [2.75, 3.05) is 11.9 Å². The van der Waals surface area contributed by atoms with Crippen LogP contribution in [0.15, 0.2) is 36.5 Å². The Bertz CT molecular complexity index is 612. The lowest BCUT2D eigenvalue weighted by molar-refractivity contribution is 0.0526. The molecule has 0 bridgehead atoms. The van der Waals surface area contributed by atoms with E-state index in [1.165, 1.54) is 6.20 Å². The normalized spacial score (nSPS) is 10.2. The van der Waals surface area contributed by atoms with Crippen LogP contribution in [0.2, 0.25) is 5.02 Å². The minimum Gasteiger partial charge on any atom is -0.462 e. The summed E-state index contributed by atoms with van der Waals surface area (Å²) in [5.74, 6) is 0.272. The molecule has 104 valence electrons. The van der Waals surface area contributed by atoms with Crippen molar-refractivity contribution < 1.29 is 9.53 Å². The van der Waals surface area contributed by atoms with Crippen LogP contribution in [0.4, 0.5) is 11.5 Å². The number of nitrogens with zero attached hydrogens (tertiary/aromatic N) is 1. The molecule has 20 heavy (non-hydrogen) atoms. The van der Waals surface area contributed by atoms with E-state index in [0.717, 1.165) is 11.3 Å². The molecule has 0 fully saturated rings. The summed E-state index contributed by atoms with van der Waals surface area (Å²) >= 11 is 5.96. The number of carbonyl (C=O) groups is 1. The van der Waals surface area contributed by atoms with E-state index in [2.05, 4.69) is 10.3 Å². The Morgan fingerprint density at radius 3 is 2.80 bits per heavy atom. The largest absolute Gasteiger partial charge is 0.462 e. The molecule has 0 aliphatic heterocycles. The van der Waals surface area contributed by atoms with Crippen LogP contribution in [0.1, 0.15) is 22.8 Å². The van der Waals surface area contributed by atoms with Crippen molar-refractivity contribution in [3.63, 3.8) is 0 Å². The number of benzene rings is 1. The van der Waals surface area contributed by atoms with Gasteiger partial charge in [0.15, 0.2) is 0 Å². The summed E-state index contributed by atoms with van der Waals surface area (Å²) in [6.07, 6.45) is 1.49. The number of carbonyl (C=O) groups excluding carboxylic acids is 1. The Morgan fingerprint density at radius 2 is 2.15 bits per heavy atom. The van der Waals surface area contributed by atoms with Crippen molar-refractivity contribution in [1.82, 2.24) is 4.98 Å². The molecule has 4 nitrogen and oxygen atoms in total. The molecule has 2 aromatic rings. The second-order valence-electron chi connectivity index (χ2n) is 4.24. The molecule has 0 atom stereocenters. The molecule has 1 N–H and O–H groups in total. The Labute approximate surface area is 122 Å². The van der Waals surface area contributed by atoms with Gasteiger partial charge in [-0.2, -0.15) is 0 Å². The van der Waals surface area contributed by atoms with Gasteiger partial charge in [-0.05, 0) is 43.7 Å². The highest BCUT2D eigenvalue weighted by atomic mass is 35.5. The molecule has 0 saturated carbocycles. The van der Waals surface area contributed by atoms with Crippen LogP contribution in [0.5, 0.6) is 0 Å². The van der Waals surface area contributed by atoms with E-state index in [1.54, 1.807) is 19.1 Å². The van der Waals surface area contributed by atoms with Gasteiger partial charge in [-0.25, -0.2) is 9.78 Å². The molecule has 0 aliphatic rings. The van der Waals surface area contributed by atoms with Gasteiger partial charge in [-0.15, -0.1) is 0 Å². The molecule has 2 rings (SSSR count). The fraction of sp³-hybridized carbons (Fsp3) is 0.200. The molecule has 0 radical (unpaired) electrons. The number of hydrogen-bond donors (Lipinski definition) is 1. The number of aromatic nitrogens is 1. The first kappa shape index (κ1) is 14.3. The van der Waals surface area contributed by atoms with Crippen molar-refractivity contribution in [2.45, 2.75) is 13.8 Å². The predicted molar refractivity (Wildman–Crippen MR) is 79.7 cm³/mol. The molecule has 0 saturated heterocycles. The number of nitrogens with one attached hydrogen (secondary N) is 1. The van der Waals surface area contributed by atoms with Gasteiger partial charge < -0.3 is 10.1 Å². The summed E-state index contributed by atoms with van der Waals surface area (Å²) in [7, 11) is 0. The van der Waals surface area contributed by atoms with Crippen molar-refractivity contribution in [2.24, 2.45) is 0 Å². The van der Waals surface area contributed by atoms with E-state index in [-0.39, 0.29) is 5.97 Å². The minimum atomic E-state index is -0.370. The maximum atomic E-state index is 11.5. The van der Waals surface area contributed by atoms with Gasteiger partial charge in [-0.1, -0.05) is 17.7 Å². The highest BCUT2D eigenvalue weighted by Crippen LogP contribution is 2.23. The number of aryl methyl sites for hydroxylation is 1. The molecule has 1 heterocycles. The Morgan fingerprint density at radius 1 is 1.35 bits per heavy atom. The van der Waals surface area contributed by atoms with Crippen molar-refractivity contribution in [3.05, 3.63) is 52.7 Å². The molecule has 5 heteroatoms. The lowest BCUT2D eigenvalue weighted by Crippen LogP contribution is -2.05. The van der Waals surface area contributed by atoms with E-state index in [1.807, 2.05) is 25.1 Å². The lowest BCUT2D eigenvalue weighted by atomic mass is 10.2. The first-order valence-corrected chi connectivity index (χ1v) is 6.64. The topological polar surface area (TPSA) is 51.2 Å². The summed E-state index contributed by atoms with van der Waals surface area (Å²) < 4.78 is 4.90. The van der Waals surface area contributed by atoms with Crippen LogP contribution >= 0.6 is 11.6 Å². The van der Waals surface area contributed by atoms with Crippen LogP contribution in [0, 0.1) is 6.92 Å². The molecular formula is C15H15ClN2O2. The lowest BCUT2D eigenvalue weighted by Gasteiger charge is -2.09. The number of halogens is 1. The summed E-state index contributed by atoms with van der Waals surface area (Å²) in [5, 5.41) is 3.82. The minimum absolute atomic E-state index is 0.348. The van der Waals surface area contributed by atoms with Crippen LogP contribution in [-0.4, -0.2) is 17.6 Å². The highest BCUT2D eigenvalue weighted by molar-refractivity contribution is 6.30. The first-order valence-electron chi connectivity index (χ1n) is 6.26. The third-order valence-corrected chi connectivity index (χ3v) is 2.97. The average Bonchev–Trinajstić information content (AvgIpc) is 2.44. The van der Waals surface area contributed by atoms with E-state index >= 15 is 0 Å². The first-order chi connectivity index (χ1) is 9.60. The Kier molecular flexibility index (Phi) is 4.58. The number of ether oxygens (including phenoxy) is 1. The van der Waals surface area contributed by atoms with E-state index in [0.29, 0.717) is 23.0 Å². The van der Waals surface area contributed by atoms with Gasteiger partial charge in [0.25, 0.3) is 0 Å². The van der Waals surface area contributed by atoms with E-state index in [9.17, 15) is 4.79 Å². The zero-order valence-corrected chi connectivity index (χ0v) is 12.1. The van der Waals surface area contributed by atoms with Crippen molar-refractivity contribution in [1.29, 1.82) is 0 Å². The van der Waals surface area contributed by atoms with Gasteiger partial charge in [0.1, 0.15) is 5.82 Å². The highest BCUT2D eigenvalue weighted by Gasteiger charge is 2.07. The van der Waals surface area contributed by atoms with Crippen LogP contribution in [0.25, 0.3) is 0 Å². The zero-order valence-electron chi connectivity index (χ0n) is 11.3. The standard InChI is InChI=1S/C15H15ClN2O2/c1-3-20-15(19)11-5-7-14(17-9-11)18-13-8-12(16)6-4-10(13)2/h4-9H,3H2,1-2H3,(H,17,18).